The summed E-state index contributed by atoms with van der Waals surface area (Å²) in [4.78, 5) is 29.2. The summed E-state index contributed by atoms with van der Waals surface area (Å²) in [6.07, 6.45) is -0.833. The summed E-state index contributed by atoms with van der Waals surface area (Å²) in [7, 11) is 0. The van der Waals surface area contributed by atoms with Crippen LogP contribution in [0.25, 0.3) is 11.0 Å². The second-order valence-electron chi connectivity index (χ2n) is 12.9. The number of fused-ring (bicyclic) bond motifs is 1. The Labute approximate surface area is 289 Å². The van der Waals surface area contributed by atoms with Crippen LogP contribution in [0.1, 0.15) is 82.0 Å². The van der Waals surface area contributed by atoms with E-state index in [1.807, 2.05) is 32.6 Å². The van der Waals surface area contributed by atoms with Crippen molar-refractivity contribution >= 4 is 28.5 Å². The monoisotopic (exact) mass is 701 g/mol. The molecule has 3 aromatic carbocycles. The lowest BCUT2D eigenvalue weighted by molar-refractivity contribution is -0.154. The van der Waals surface area contributed by atoms with Gasteiger partial charge in [0.25, 0.3) is 5.76 Å². The van der Waals surface area contributed by atoms with Crippen molar-refractivity contribution in [1.29, 1.82) is 0 Å². The first-order valence-electron chi connectivity index (χ1n) is 16.6. The van der Waals surface area contributed by atoms with Crippen LogP contribution in [0.5, 0.6) is 23.0 Å². The molecule has 1 aromatic heterocycles. The van der Waals surface area contributed by atoms with Gasteiger partial charge in [0.15, 0.2) is 0 Å². The summed E-state index contributed by atoms with van der Waals surface area (Å²) in [6.45, 7) is 12.0. The van der Waals surface area contributed by atoms with Gasteiger partial charge >= 0.3 is 12.1 Å². The highest BCUT2D eigenvalue weighted by Crippen LogP contribution is 2.40. The quantitative estimate of drug-likeness (QED) is 0.0653. The minimum absolute atomic E-state index is 0.0195. The minimum Gasteiger partial charge on any atom is -0.494 e. The molecule has 264 valence electrons. The maximum absolute atomic E-state index is 14.5. The zero-order chi connectivity index (χ0) is 35.7. The molecule has 11 heteroatoms. The number of benzene rings is 3. The number of hydrogen-bond donors (Lipinski definition) is 0. The van der Waals surface area contributed by atoms with Gasteiger partial charge in [-0.05, 0) is 78.9 Å². The van der Waals surface area contributed by atoms with Gasteiger partial charge in [-0.25, -0.2) is 4.79 Å². The number of alkyl halides is 3. The molecule has 0 spiro atoms. The fourth-order valence-electron chi connectivity index (χ4n) is 5.45. The van der Waals surface area contributed by atoms with E-state index in [0.29, 0.717) is 30.5 Å². The van der Waals surface area contributed by atoms with E-state index < -0.39 is 29.1 Å². The number of unbranched alkanes of at least 4 members (excludes halogenated alkanes) is 3. The van der Waals surface area contributed by atoms with Crippen molar-refractivity contribution in [3.63, 3.8) is 0 Å². The highest BCUT2D eigenvalue weighted by molar-refractivity contribution is 6.30. The van der Waals surface area contributed by atoms with Crippen molar-refractivity contribution in [2.75, 3.05) is 19.7 Å². The molecule has 0 amide bonds. The van der Waals surface area contributed by atoms with Crippen LogP contribution in [0.15, 0.2) is 69.9 Å². The van der Waals surface area contributed by atoms with E-state index in [1.54, 1.807) is 24.3 Å². The van der Waals surface area contributed by atoms with Crippen molar-refractivity contribution in [2.24, 2.45) is 11.8 Å². The average molecular weight is 702 g/mol. The smallest absolute Gasteiger partial charge is 0.453 e. The van der Waals surface area contributed by atoms with Gasteiger partial charge in [0.05, 0.1) is 23.1 Å². The van der Waals surface area contributed by atoms with Crippen LogP contribution >= 0.6 is 11.6 Å². The van der Waals surface area contributed by atoms with E-state index in [1.165, 1.54) is 36.4 Å². The molecular formula is C38H43ClF3NO6. The summed E-state index contributed by atoms with van der Waals surface area (Å²) in [5.41, 5.74) is -1.00. The first-order chi connectivity index (χ1) is 23.3. The third kappa shape index (κ3) is 10.5. The topological polar surface area (TPSA) is 78.2 Å². The fraction of sp³-hybridized carbons (Fsp3) is 0.421. The minimum atomic E-state index is -5.09. The van der Waals surface area contributed by atoms with Crippen LogP contribution in [-0.4, -0.2) is 30.6 Å². The first-order valence-corrected chi connectivity index (χ1v) is 16.9. The summed E-state index contributed by atoms with van der Waals surface area (Å²) in [5, 5.41) is 0.191. The third-order valence-electron chi connectivity index (χ3n) is 7.56. The Balaban J connectivity index is 1.77. The summed E-state index contributed by atoms with van der Waals surface area (Å²) in [6, 6.07) is 14.7. The number of carbonyl (C=O) groups is 1. The zero-order valence-electron chi connectivity index (χ0n) is 28.5. The van der Waals surface area contributed by atoms with Crippen molar-refractivity contribution in [3.8, 4) is 23.0 Å². The Morgan fingerprint density at radius 2 is 1.51 bits per heavy atom. The molecule has 0 unspecified atom stereocenters. The lowest BCUT2D eigenvalue weighted by atomic mass is 10.1. The molecule has 0 atom stereocenters. The van der Waals surface area contributed by atoms with E-state index >= 15 is 0 Å². The molecule has 0 bridgehead atoms. The maximum atomic E-state index is 14.5. The van der Waals surface area contributed by atoms with Gasteiger partial charge in [-0.2, -0.15) is 13.2 Å². The second-order valence-corrected chi connectivity index (χ2v) is 13.3. The summed E-state index contributed by atoms with van der Waals surface area (Å²) < 4.78 is 66.2. The normalized spacial score (nSPS) is 11.9. The van der Waals surface area contributed by atoms with Crippen LogP contribution in [0.3, 0.4) is 0 Å². The molecule has 0 radical (unpaired) electrons. The first kappa shape index (κ1) is 37.8. The molecular weight excluding hydrogens is 659 g/mol. The Morgan fingerprint density at radius 3 is 2.10 bits per heavy atom. The summed E-state index contributed by atoms with van der Waals surface area (Å²) in [5.74, 6) is -2.35. The lowest BCUT2D eigenvalue weighted by Gasteiger charge is -2.27. The zero-order valence-corrected chi connectivity index (χ0v) is 29.2. The predicted octanol–water partition coefficient (Wildman–Crippen LogP) is 10.5. The molecule has 4 rings (SSSR count). The lowest BCUT2D eigenvalue weighted by Crippen LogP contribution is -2.31. The molecule has 0 aliphatic carbocycles. The van der Waals surface area contributed by atoms with Gasteiger partial charge in [-0.1, -0.05) is 65.5 Å². The van der Waals surface area contributed by atoms with Crippen molar-refractivity contribution in [1.82, 2.24) is 4.90 Å². The highest BCUT2D eigenvalue weighted by Gasteiger charge is 2.41. The predicted molar refractivity (Wildman–Crippen MR) is 185 cm³/mol. The Morgan fingerprint density at radius 1 is 0.878 bits per heavy atom. The van der Waals surface area contributed by atoms with Gasteiger partial charge in [0.2, 0.25) is 11.2 Å². The molecule has 7 nitrogen and oxygen atoms in total. The molecule has 0 aliphatic rings. The van der Waals surface area contributed by atoms with E-state index in [0.717, 1.165) is 25.7 Å². The van der Waals surface area contributed by atoms with E-state index in [4.69, 9.17) is 30.2 Å². The molecule has 0 aliphatic heterocycles. The van der Waals surface area contributed by atoms with Crippen LogP contribution in [0.4, 0.5) is 13.2 Å². The Hall–Kier alpha value is -4.02. The van der Waals surface area contributed by atoms with E-state index in [2.05, 4.69) is 6.92 Å². The van der Waals surface area contributed by atoms with Gasteiger partial charge < -0.3 is 18.6 Å². The Bertz CT molecular complexity index is 1740. The molecule has 0 saturated heterocycles. The number of nitrogens with zero attached hydrogens (tertiary/aromatic N) is 1. The van der Waals surface area contributed by atoms with Gasteiger partial charge in [-0.3, -0.25) is 9.69 Å². The number of carbonyl (C=O) groups excluding carboxylic acids is 1. The number of ether oxygens (including phenoxy) is 3. The van der Waals surface area contributed by atoms with E-state index in [-0.39, 0.29) is 52.0 Å². The van der Waals surface area contributed by atoms with Gasteiger partial charge in [0, 0.05) is 24.7 Å². The van der Waals surface area contributed by atoms with Crippen molar-refractivity contribution in [3.05, 3.63) is 92.8 Å². The van der Waals surface area contributed by atoms with Crippen molar-refractivity contribution < 1.29 is 36.6 Å². The SMILES string of the molecule is CCCCCCOc1ccc(C(=O)Oc2ccc3c(=O)c(Oc4ccc(Cl)cc4)c(C(F)(F)F)oc3c2CN(CC(C)C)CC(C)C)cc1. The van der Waals surface area contributed by atoms with Crippen LogP contribution in [-0.2, 0) is 12.7 Å². The highest BCUT2D eigenvalue weighted by atomic mass is 35.5. The third-order valence-corrected chi connectivity index (χ3v) is 7.81. The largest absolute Gasteiger partial charge is 0.494 e. The van der Waals surface area contributed by atoms with Crippen LogP contribution in [0, 0.1) is 11.8 Å². The molecule has 1 heterocycles. The molecule has 0 fully saturated rings. The molecule has 49 heavy (non-hydrogen) atoms. The maximum Gasteiger partial charge on any atom is 0.453 e. The number of halogens is 4. The number of hydrogen-bond acceptors (Lipinski definition) is 7. The number of esters is 1. The second kappa shape index (κ2) is 17.1. The van der Waals surface area contributed by atoms with Gasteiger partial charge in [-0.15, -0.1) is 0 Å². The van der Waals surface area contributed by atoms with Gasteiger partial charge in [0.1, 0.15) is 22.8 Å². The standard InChI is InChI=1S/C38H43ClF3NO6/c1-6-7-8-9-20-46-28-14-10-26(11-15-28)37(45)48-32-19-18-30-33(44)35(47-29-16-12-27(39)13-17-29)36(38(40,41)42)49-34(30)31(32)23-43(21-24(2)3)22-25(4)5/h10-19,24-25H,6-9,20-23H2,1-5H3. The molecule has 4 aromatic rings. The molecule has 0 saturated carbocycles. The van der Waals surface area contributed by atoms with Crippen LogP contribution in [0.2, 0.25) is 5.02 Å². The van der Waals surface area contributed by atoms with Crippen molar-refractivity contribution in [2.45, 2.75) is 73.0 Å². The average Bonchev–Trinajstić information content (AvgIpc) is 3.03. The van der Waals surface area contributed by atoms with Crippen LogP contribution < -0.4 is 19.6 Å². The Kier molecular flexibility index (Phi) is 13.2. The summed E-state index contributed by atoms with van der Waals surface area (Å²) >= 11 is 5.92. The van der Waals surface area contributed by atoms with E-state index in [9.17, 15) is 22.8 Å². The molecule has 0 N–H and O–H groups in total. The fourth-order valence-corrected chi connectivity index (χ4v) is 5.58. The number of rotatable bonds is 16.